The second kappa shape index (κ2) is 5.05. The molecule has 2 heterocycles. The van der Waals surface area contributed by atoms with Crippen molar-refractivity contribution in [1.29, 1.82) is 0 Å². The minimum absolute atomic E-state index is 0.611. The fourth-order valence-electron chi connectivity index (χ4n) is 1.15. The number of nitrogens with zero attached hydrogens (tertiary/aromatic N) is 1. The lowest BCUT2D eigenvalue weighted by molar-refractivity contribution is 0.528. The molecule has 5 heteroatoms. The highest BCUT2D eigenvalue weighted by molar-refractivity contribution is 7.97. The molecule has 0 aliphatic rings. The van der Waals surface area contributed by atoms with Crippen molar-refractivity contribution in [3.8, 4) is 0 Å². The Bertz CT molecular complexity index is 438. The topological polar surface area (TPSA) is 26.0 Å². The molecule has 0 radical (unpaired) electrons. The fraction of sp³-hybridized carbons (Fsp3) is 0.300. The second-order valence-electron chi connectivity index (χ2n) is 3.10. The summed E-state index contributed by atoms with van der Waals surface area (Å²) in [7, 11) is 0. The van der Waals surface area contributed by atoms with Crippen molar-refractivity contribution >= 4 is 34.7 Å². The van der Waals surface area contributed by atoms with Crippen molar-refractivity contribution in [3.05, 3.63) is 39.2 Å². The molecular weight excluding hydrogens is 250 g/mol. The third-order valence-corrected chi connectivity index (χ3v) is 4.25. The van der Waals surface area contributed by atoms with E-state index in [0.717, 1.165) is 17.3 Å². The van der Waals surface area contributed by atoms with Gasteiger partial charge in [0, 0.05) is 16.8 Å². The van der Waals surface area contributed by atoms with Crippen LogP contribution in [0.2, 0.25) is 4.47 Å². The summed E-state index contributed by atoms with van der Waals surface area (Å²) < 4.78 is 5.96. The minimum atomic E-state index is 0.611. The summed E-state index contributed by atoms with van der Waals surface area (Å²) in [6.45, 7) is 2.06. The molecule has 2 aromatic heterocycles. The third kappa shape index (κ3) is 3.00. The maximum Gasteiger partial charge on any atom is 0.183 e. The van der Waals surface area contributed by atoms with E-state index in [2.05, 4.69) is 11.9 Å². The second-order valence-corrected chi connectivity index (χ2v) is 5.78. The summed E-state index contributed by atoms with van der Waals surface area (Å²) in [6.07, 6.45) is 3.56. The first-order valence-electron chi connectivity index (χ1n) is 4.46. The number of rotatable bonds is 4. The molecule has 0 fully saturated rings. The number of aromatic nitrogens is 1. The summed E-state index contributed by atoms with van der Waals surface area (Å²) in [5, 5.41) is 0. The van der Waals surface area contributed by atoms with Gasteiger partial charge in [-0.1, -0.05) is 11.6 Å². The van der Waals surface area contributed by atoms with Crippen molar-refractivity contribution in [1.82, 2.24) is 4.98 Å². The van der Waals surface area contributed by atoms with Gasteiger partial charge in [-0.15, -0.1) is 23.1 Å². The Morgan fingerprint density at radius 2 is 2.40 bits per heavy atom. The first-order chi connectivity index (χ1) is 7.25. The number of aryl methyl sites for hydroxylation is 1. The zero-order valence-electron chi connectivity index (χ0n) is 8.20. The van der Waals surface area contributed by atoms with Gasteiger partial charge in [0.1, 0.15) is 5.76 Å². The van der Waals surface area contributed by atoms with Crippen LogP contribution in [0.3, 0.4) is 0 Å². The fourth-order valence-corrected chi connectivity index (χ4v) is 3.26. The van der Waals surface area contributed by atoms with Gasteiger partial charge in [0.15, 0.2) is 4.47 Å². The molecule has 0 aromatic carbocycles. The Kier molecular flexibility index (Phi) is 3.72. The standard InChI is InChI=1S/C10H10ClNOS2/c1-7-2-3-13-9(7)6-14-5-8-4-12-10(11)15-8/h2-4H,5-6H2,1H3. The lowest BCUT2D eigenvalue weighted by Gasteiger charge is -1.97. The molecule has 80 valence electrons. The molecule has 0 atom stereocenters. The Hall–Kier alpha value is -0.450. The van der Waals surface area contributed by atoms with E-state index in [1.54, 1.807) is 6.26 Å². The van der Waals surface area contributed by atoms with Gasteiger partial charge in [-0.05, 0) is 18.6 Å². The summed E-state index contributed by atoms with van der Waals surface area (Å²) in [4.78, 5) is 5.20. The number of furan rings is 1. The monoisotopic (exact) mass is 259 g/mol. The Morgan fingerprint density at radius 3 is 3.00 bits per heavy atom. The number of hydrogen-bond donors (Lipinski definition) is 0. The molecule has 0 unspecified atom stereocenters. The van der Waals surface area contributed by atoms with E-state index in [9.17, 15) is 0 Å². The molecule has 0 N–H and O–H groups in total. The van der Waals surface area contributed by atoms with E-state index in [4.69, 9.17) is 16.0 Å². The summed E-state index contributed by atoms with van der Waals surface area (Å²) in [5.74, 6) is 2.88. The predicted molar refractivity (Wildman–Crippen MR) is 65.6 cm³/mol. The van der Waals surface area contributed by atoms with Crippen LogP contribution < -0.4 is 0 Å². The SMILES string of the molecule is Cc1ccoc1CSCc1cnc(Cl)s1. The molecule has 0 spiro atoms. The van der Waals surface area contributed by atoms with E-state index in [-0.39, 0.29) is 0 Å². The Morgan fingerprint density at radius 1 is 1.53 bits per heavy atom. The average Bonchev–Trinajstić information content (AvgIpc) is 2.77. The Labute approximate surface area is 102 Å². The van der Waals surface area contributed by atoms with Crippen molar-refractivity contribution < 1.29 is 4.42 Å². The van der Waals surface area contributed by atoms with Gasteiger partial charge in [0.05, 0.1) is 12.0 Å². The Balaban J connectivity index is 1.83. The molecular formula is C10H10ClNOS2. The summed E-state index contributed by atoms with van der Waals surface area (Å²) >= 11 is 9.09. The predicted octanol–water partition coefficient (Wildman–Crippen LogP) is 4.13. The smallest absolute Gasteiger partial charge is 0.183 e. The zero-order chi connectivity index (χ0) is 10.7. The maximum absolute atomic E-state index is 5.74. The molecule has 2 rings (SSSR count). The van der Waals surface area contributed by atoms with Gasteiger partial charge in [-0.2, -0.15) is 0 Å². The van der Waals surface area contributed by atoms with E-state index in [1.165, 1.54) is 21.8 Å². The van der Waals surface area contributed by atoms with Gasteiger partial charge in [0.2, 0.25) is 0 Å². The van der Waals surface area contributed by atoms with Crippen LogP contribution in [-0.2, 0) is 11.5 Å². The third-order valence-electron chi connectivity index (χ3n) is 1.97. The molecule has 0 saturated carbocycles. The average molecular weight is 260 g/mol. The quantitative estimate of drug-likeness (QED) is 0.826. The molecule has 0 aliphatic heterocycles. The molecule has 0 amide bonds. The van der Waals surface area contributed by atoms with Gasteiger partial charge in [0.25, 0.3) is 0 Å². The molecule has 0 bridgehead atoms. The van der Waals surface area contributed by atoms with Crippen LogP contribution in [0.1, 0.15) is 16.2 Å². The van der Waals surface area contributed by atoms with Crippen LogP contribution in [0, 0.1) is 6.92 Å². The lowest BCUT2D eigenvalue weighted by Crippen LogP contribution is -1.80. The van der Waals surface area contributed by atoms with Gasteiger partial charge in [-0.25, -0.2) is 4.98 Å². The first-order valence-corrected chi connectivity index (χ1v) is 6.81. The number of hydrogen-bond acceptors (Lipinski definition) is 4. The lowest BCUT2D eigenvalue weighted by atomic mass is 10.3. The van der Waals surface area contributed by atoms with E-state index >= 15 is 0 Å². The molecule has 2 aromatic rings. The number of halogens is 1. The van der Waals surface area contributed by atoms with Crippen molar-refractivity contribution in [3.63, 3.8) is 0 Å². The van der Waals surface area contributed by atoms with Crippen LogP contribution in [0.4, 0.5) is 0 Å². The van der Waals surface area contributed by atoms with Gasteiger partial charge in [-0.3, -0.25) is 0 Å². The van der Waals surface area contributed by atoms with Crippen LogP contribution in [-0.4, -0.2) is 4.98 Å². The highest BCUT2D eigenvalue weighted by atomic mass is 35.5. The van der Waals surface area contributed by atoms with Crippen molar-refractivity contribution in [2.24, 2.45) is 0 Å². The zero-order valence-corrected chi connectivity index (χ0v) is 10.6. The molecule has 15 heavy (non-hydrogen) atoms. The van der Waals surface area contributed by atoms with Crippen molar-refractivity contribution in [2.75, 3.05) is 0 Å². The highest BCUT2D eigenvalue weighted by Gasteiger charge is 2.03. The molecule has 2 nitrogen and oxygen atoms in total. The largest absolute Gasteiger partial charge is 0.468 e. The van der Waals surface area contributed by atoms with E-state index in [0.29, 0.717) is 4.47 Å². The highest BCUT2D eigenvalue weighted by Crippen LogP contribution is 2.25. The van der Waals surface area contributed by atoms with Crippen molar-refractivity contribution in [2.45, 2.75) is 18.4 Å². The van der Waals surface area contributed by atoms with Gasteiger partial charge < -0.3 is 4.42 Å². The van der Waals surface area contributed by atoms with Crippen LogP contribution in [0.15, 0.2) is 22.9 Å². The first kappa shape index (κ1) is 11.0. The molecule has 0 saturated heterocycles. The van der Waals surface area contributed by atoms with Gasteiger partial charge >= 0.3 is 0 Å². The summed E-state index contributed by atoms with van der Waals surface area (Å²) in [5.41, 5.74) is 1.21. The minimum Gasteiger partial charge on any atom is -0.468 e. The van der Waals surface area contributed by atoms with Crippen LogP contribution >= 0.6 is 34.7 Å². The van der Waals surface area contributed by atoms with E-state index in [1.807, 2.05) is 24.0 Å². The van der Waals surface area contributed by atoms with E-state index < -0.39 is 0 Å². The normalized spacial score (nSPS) is 10.8. The maximum atomic E-state index is 5.74. The van der Waals surface area contributed by atoms with Crippen LogP contribution in [0.5, 0.6) is 0 Å². The molecule has 0 aliphatic carbocycles. The summed E-state index contributed by atoms with van der Waals surface area (Å²) in [6, 6.07) is 1.99. The number of thioether (sulfide) groups is 1. The van der Waals surface area contributed by atoms with Crippen LogP contribution in [0.25, 0.3) is 0 Å². The number of thiazole rings is 1.